The molecule has 0 heterocycles. The van der Waals surface area contributed by atoms with Gasteiger partial charge in [-0.2, -0.15) is 0 Å². The fraction of sp³-hybridized carbons (Fsp3) is 0.348. The van der Waals surface area contributed by atoms with E-state index in [2.05, 4.69) is 16.0 Å². The van der Waals surface area contributed by atoms with Crippen molar-refractivity contribution in [2.75, 3.05) is 18.5 Å². The summed E-state index contributed by atoms with van der Waals surface area (Å²) in [6.45, 7) is 5.49. The number of nitrogens with one attached hydrogen (secondary N) is 3. The molecule has 0 aliphatic heterocycles. The van der Waals surface area contributed by atoms with Gasteiger partial charge in [-0.05, 0) is 56.7 Å². The predicted octanol–water partition coefficient (Wildman–Crippen LogP) is 4.54. The van der Waals surface area contributed by atoms with Gasteiger partial charge in [0.2, 0.25) is 5.91 Å². The van der Waals surface area contributed by atoms with Crippen LogP contribution >= 0.6 is 23.2 Å². The number of amides is 3. The highest BCUT2D eigenvalue weighted by molar-refractivity contribution is 6.35. The van der Waals surface area contributed by atoms with E-state index in [4.69, 9.17) is 32.7 Å². The Morgan fingerprint density at radius 3 is 2.42 bits per heavy atom. The molecule has 0 saturated heterocycles. The van der Waals surface area contributed by atoms with E-state index in [1.807, 2.05) is 6.07 Å². The summed E-state index contributed by atoms with van der Waals surface area (Å²) in [5.41, 5.74) is 0.758. The average molecular weight is 496 g/mol. The summed E-state index contributed by atoms with van der Waals surface area (Å²) < 4.78 is 10.5. The number of halogens is 2. The van der Waals surface area contributed by atoms with Crippen LogP contribution in [0.5, 0.6) is 5.75 Å². The van der Waals surface area contributed by atoms with Crippen molar-refractivity contribution < 1.29 is 23.9 Å². The smallest absolute Gasteiger partial charge is 0.407 e. The highest BCUT2D eigenvalue weighted by Crippen LogP contribution is 2.27. The van der Waals surface area contributed by atoms with Crippen LogP contribution in [0.4, 0.5) is 10.5 Å². The normalized spacial score (nSPS) is 10.8. The van der Waals surface area contributed by atoms with Gasteiger partial charge in [-0.3, -0.25) is 9.59 Å². The van der Waals surface area contributed by atoms with Crippen LogP contribution in [0.3, 0.4) is 0 Å². The van der Waals surface area contributed by atoms with Gasteiger partial charge in [0.15, 0.2) is 6.61 Å². The number of alkyl carbamates (subject to hydrolysis) is 1. The van der Waals surface area contributed by atoms with Crippen molar-refractivity contribution in [3.63, 3.8) is 0 Å². The minimum Gasteiger partial charge on any atom is -0.482 e. The van der Waals surface area contributed by atoms with Crippen molar-refractivity contribution in [2.45, 2.75) is 39.3 Å². The fourth-order valence-corrected chi connectivity index (χ4v) is 3.04. The number of benzene rings is 2. The molecule has 0 aliphatic rings. The van der Waals surface area contributed by atoms with Crippen LogP contribution < -0.4 is 20.7 Å². The average Bonchev–Trinajstić information content (AvgIpc) is 2.70. The number of hydrogen-bond donors (Lipinski definition) is 3. The zero-order valence-corrected chi connectivity index (χ0v) is 20.2. The quantitative estimate of drug-likeness (QED) is 0.473. The van der Waals surface area contributed by atoms with Crippen LogP contribution in [0.2, 0.25) is 10.0 Å². The number of carbonyl (C=O) groups excluding carboxylic acids is 3. The van der Waals surface area contributed by atoms with E-state index in [1.54, 1.807) is 51.1 Å². The Morgan fingerprint density at radius 1 is 0.970 bits per heavy atom. The Labute approximate surface area is 202 Å². The van der Waals surface area contributed by atoms with E-state index in [1.165, 1.54) is 6.07 Å². The van der Waals surface area contributed by atoms with Crippen molar-refractivity contribution in [1.29, 1.82) is 0 Å². The second-order valence-electron chi connectivity index (χ2n) is 8.07. The van der Waals surface area contributed by atoms with E-state index in [9.17, 15) is 14.4 Å². The molecule has 2 rings (SSSR count). The molecule has 8 nitrogen and oxygen atoms in total. The lowest BCUT2D eigenvalue weighted by Crippen LogP contribution is -2.35. The van der Waals surface area contributed by atoms with Gasteiger partial charge >= 0.3 is 6.09 Å². The SMILES string of the molecule is CC(C)(C)OC(=O)NCCC(=O)NCc1cccc(NC(=O)COc2ccc(Cl)cc2Cl)c1. The first-order chi connectivity index (χ1) is 15.5. The van der Waals surface area contributed by atoms with E-state index in [0.717, 1.165) is 5.56 Å². The highest BCUT2D eigenvalue weighted by Gasteiger charge is 2.16. The fourth-order valence-electron chi connectivity index (χ4n) is 2.57. The van der Waals surface area contributed by atoms with Crippen molar-refractivity contribution in [2.24, 2.45) is 0 Å². The van der Waals surface area contributed by atoms with Crippen molar-refractivity contribution in [3.8, 4) is 5.75 Å². The Morgan fingerprint density at radius 2 is 1.73 bits per heavy atom. The molecule has 0 bridgehead atoms. The number of rotatable bonds is 9. The van der Waals surface area contributed by atoms with Gasteiger partial charge in [-0.15, -0.1) is 0 Å². The summed E-state index contributed by atoms with van der Waals surface area (Å²) >= 11 is 11.9. The minimum absolute atomic E-state index is 0.111. The molecule has 0 aliphatic carbocycles. The van der Waals surface area contributed by atoms with Gasteiger partial charge in [0.1, 0.15) is 11.4 Å². The van der Waals surface area contributed by atoms with E-state index in [-0.39, 0.29) is 37.9 Å². The first-order valence-electron chi connectivity index (χ1n) is 10.2. The summed E-state index contributed by atoms with van der Waals surface area (Å²) in [4.78, 5) is 35.8. The molecular formula is C23H27Cl2N3O5. The van der Waals surface area contributed by atoms with Crippen LogP contribution in [0.15, 0.2) is 42.5 Å². The zero-order chi connectivity index (χ0) is 24.4. The third-order valence-electron chi connectivity index (χ3n) is 3.97. The van der Waals surface area contributed by atoms with Gasteiger partial charge in [0.05, 0.1) is 5.02 Å². The molecule has 3 N–H and O–H groups in total. The Bertz CT molecular complexity index is 992. The number of anilines is 1. The number of hydrogen-bond acceptors (Lipinski definition) is 5. The van der Waals surface area contributed by atoms with Crippen LogP contribution in [-0.4, -0.2) is 36.7 Å². The first-order valence-corrected chi connectivity index (χ1v) is 11.0. The molecule has 2 aromatic rings. The predicted molar refractivity (Wildman–Crippen MR) is 128 cm³/mol. The molecule has 0 aromatic heterocycles. The standard InChI is InChI=1S/C23H27Cl2N3O5/c1-23(2,3)33-22(31)26-10-9-20(29)27-13-15-5-4-6-17(11-15)28-21(30)14-32-19-8-7-16(24)12-18(19)25/h4-8,11-12H,9-10,13-14H2,1-3H3,(H,26,31)(H,27,29)(H,28,30). The van der Waals surface area contributed by atoms with Gasteiger partial charge in [0.25, 0.3) is 5.91 Å². The maximum atomic E-state index is 12.2. The molecule has 178 valence electrons. The minimum atomic E-state index is -0.595. The Hall–Kier alpha value is -2.97. The van der Waals surface area contributed by atoms with Gasteiger partial charge < -0.3 is 25.4 Å². The first kappa shape index (κ1) is 26.3. The largest absolute Gasteiger partial charge is 0.482 e. The zero-order valence-electron chi connectivity index (χ0n) is 18.7. The third-order valence-corrected chi connectivity index (χ3v) is 4.50. The molecule has 3 amide bonds. The molecule has 0 atom stereocenters. The molecular weight excluding hydrogens is 469 g/mol. The van der Waals surface area contributed by atoms with Crippen molar-refractivity contribution in [3.05, 3.63) is 58.1 Å². The van der Waals surface area contributed by atoms with Crippen LogP contribution in [0.25, 0.3) is 0 Å². The third kappa shape index (κ3) is 10.5. The van der Waals surface area contributed by atoms with Crippen molar-refractivity contribution >= 4 is 46.8 Å². The summed E-state index contributed by atoms with van der Waals surface area (Å²) in [7, 11) is 0. The molecule has 0 saturated carbocycles. The number of ether oxygens (including phenoxy) is 2. The molecule has 33 heavy (non-hydrogen) atoms. The van der Waals surface area contributed by atoms with Crippen LogP contribution in [0, 0.1) is 0 Å². The van der Waals surface area contributed by atoms with Crippen molar-refractivity contribution in [1.82, 2.24) is 10.6 Å². The summed E-state index contributed by atoms with van der Waals surface area (Å²) in [6.07, 6.45) is -0.457. The summed E-state index contributed by atoms with van der Waals surface area (Å²) in [5, 5.41) is 8.81. The Kier molecular flexibility index (Phi) is 9.81. The van der Waals surface area contributed by atoms with E-state index < -0.39 is 11.7 Å². The summed E-state index contributed by atoms with van der Waals surface area (Å²) in [6, 6.07) is 11.8. The lowest BCUT2D eigenvalue weighted by molar-refractivity contribution is -0.121. The van der Waals surface area contributed by atoms with E-state index >= 15 is 0 Å². The maximum absolute atomic E-state index is 12.2. The van der Waals surface area contributed by atoms with Gasteiger partial charge in [0, 0.05) is 30.2 Å². The lowest BCUT2D eigenvalue weighted by Gasteiger charge is -2.19. The topological polar surface area (TPSA) is 106 Å². The number of carbonyl (C=O) groups is 3. The molecule has 0 fully saturated rings. The Balaban J connectivity index is 1.74. The van der Waals surface area contributed by atoms with Gasteiger partial charge in [-0.1, -0.05) is 35.3 Å². The molecule has 10 heteroatoms. The molecule has 0 unspecified atom stereocenters. The lowest BCUT2D eigenvalue weighted by atomic mass is 10.2. The highest BCUT2D eigenvalue weighted by atomic mass is 35.5. The van der Waals surface area contributed by atoms with Crippen LogP contribution in [-0.2, 0) is 20.9 Å². The van der Waals surface area contributed by atoms with Gasteiger partial charge in [-0.25, -0.2) is 4.79 Å². The van der Waals surface area contributed by atoms with E-state index in [0.29, 0.717) is 21.5 Å². The molecule has 2 aromatic carbocycles. The second kappa shape index (κ2) is 12.3. The second-order valence-corrected chi connectivity index (χ2v) is 8.91. The van der Waals surface area contributed by atoms with Crippen LogP contribution in [0.1, 0.15) is 32.8 Å². The summed E-state index contributed by atoms with van der Waals surface area (Å²) in [5.74, 6) is -0.238. The maximum Gasteiger partial charge on any atom is 0.407 e. The monoisotopic (exact) mass is 495 g/mol. The molecule has 0 radical (unpaired) electrons. The molecule has 0 spiro atoms.